The van der Waals surface area contributed by atoms with Gasteiger partial charge in [-0.3, -0.25) is 9.59 Å². The number of hydrogen-bond acceptors (Lipinski definition) is 3. The first kappa shape index (κ1) is 16.0. The van der Waals surface area contributed by atoms with Crippen LogP contribution < -0.4 is 4.90 Å². The Balaban J connectivity index is 1.71. The predicted molar refractivity (Wildman–Crippen MR) is 88.1 cm³/mol. The summed E-state index contributed by atoms with van der Waals surface area (Å²) in [5.41, 5.74) is 3.22. The topological polar surface area (TPSA) is 60.9 Å². The largest absolute Gasteiger partial charge is 0.396 e. The molecule has 2 amide bonds. The fourth-order valence-corrected chi connectivity index (χ4v) is 3.46. The Kier molecular flexibility index (Phi) is 4.39. The lowest BCUT2D eigenvalue weighted by molar-refractivity contribution is -0.139. The second kappa shape index (κ2) is 6.32. The molecule has 2 aliphatic heterocycles. The molecule has 0 saturated carbocycles. The molecule has 2 fully saturated rings. The zero-order valence-electron chi connectivity index (χ0n) is 13.8. The van der Waals surface area contributed by atoms with E-state index in [9.17, 15) is 14.7 Å². The van der Waals surface area contributed by atoms with Gasteiger partial charge in [0.15, 0.2) is 0 Å². The molecule has 23 heavy (non-hydrogen) atoms. The summed E-state index contributed by atoms with van der Waals surface area (Å²) in [5, 5.41) is 9.21. The summed E-state index contributed by atoms with van der Waals surface area (Å²) >= 11 is 0. The molecule has 124 valence electrons. The first-order chi connectivity index (χ1) is 11.0. The first-order valence-corrected chi connectivity index (χ1v) is 8.29. The van der Waals surface area contributed by atoms with Crippen molar-refractivity contribution < 1.29 is 14.7 Å². The fraction of sp³-hybridized carbons (Fsp3) is 0.556. The van der Waals surface area contributed by atoms with Crippen LogP contribution in [-0.2, 0) is 9.59 Å². The molecule has 1 N–H and O–H groups in total. The van der Waals surface area contributed by atoms with E-state index in [-0.39, 0.29) is 24.3 Å². The summed E-state index contributed by atoms with van der Waals surface area (Å²) in [4.78, 5) is 28.8. The minimum atomic E-state index is -0.561. The van der Waals surface area contributed by atoms with E-state index < -0.39 is 5.92 Å². The van der Waals surface area contributed by atoms with Gasteiger partial charge in [0.05, 0.1) is 0 Å². The maximum Gasteiger partial charge on any atom is 0.239 e. The number of carbonyl (C=O) groups is 2. The highest BCUT2D eigenvalue weighted by Crippen LogP contribution is 2.29. The molecular weight excluding hydrogens is 292 g/mol. The Labute approximate surface area is 136 Å². The van der Waals surface area contributed by atoms with Gasteiger partial charge in [-0.25, -0.2) is 0 Å². The molecule has 0 radical (unpaired) electrons. The summed E-state index contributed by atoms with van der Waals surface area (Å²) in [6, 6.07) is 5.97. The third-order valence-electron chi connectivity index (χ3n) is 5.16. The molecule has 0 aliphatic carbocycles. The highest BCUT2D eigenvalue weighted by molar-refractivity contribution is 6.09. The normalized spacial score (nSPS) is 24.6. The lowest BCUT2D eigenvalue weighted by Crippen LogP contribution is -2.39. The molecule has 2 atom stereocenters. The number of anilines is 1. The highest BCUT2D eigenvalue weighted by atomic mass is 16.3. The number of aryl methyl sites for hydroxylation is 2. The van der Waals surface area contributed by atoms with Crippen molar-refractivity contribution in [2.45, 2.75) is 26.7 Å². The van der Waals surface area contributed by atoms with Crippen molar-refractivity contribution in [1.29, 1.82) is 0 Å². The Morgan fingerprint density at radius 3 is 2.65 bits per heavy atom. The number of amides is 2. The van der Waals surface area contributed by atoms with Gasteiger partial charge in [-0.05, 0) is 49.9 Å². The van der Waals surface area contributed by atoms with E-state index >= 15 is 0 Å². The SMILES string of the molecule is Cc1ccc(N2CCC(C(=O)N3CCC(CO)C3)C2=O)cc1C. The molecule has 1 aromatic rings. The lowest BCUT2D eigenvalue weighted by Gasteiger charge is -2.21. The first-order valence-electron chi connectivity index (χ1n) is 8.29. The van der Waals surface area contributed by atoms with Crippen LogP contribution in [0.4, 0.5) is 5.69 Å². The zero-order valence-corrected chi connectivity index (χ0v) is 13.8. The Morgan fingerprint density at radius 1 is 1.22 bits per heavy atom. The van der Waals surface area contributed by atoms with E-state index in [4.69, 9.17) is 0 Å². The van der Waals surface area contributed by atoms with Crippen molar-refractivity contribution in [3.8, 4) is 0 Å². The van der Waals surface area contributed by atoms with Crippen LogP contribution in [-0.4, -0.2) is 48.1 Å². The summed E-state index contributed by atoms with van der Waals surface area (Å²) in [7, 11) is 0. The average molecular weight is 316 g/mol. The Morgan fingerprint density at radius 2 is 2.00 bits per heavy atom. The quantitative estimate of drug-likeness (QED) is 0.860. The van der Waals surface area contributed by atoms with Crippen molar-refractivity contribution in [2.75, 3.05) is 31.1 Å². The molecule has 0 spiro atoms. The van der Waals surface area contributed by atoms with Crippen LogP contribution in [0.25, 0.3) is 0 Å². The van der Waals surface area contributed by atoms with E-state index in [0.29, 0.717) is 26.1 Å². The smallest absolute Gasteiger partial charge is 0.239 e. The number of nitrogens with zero attached hydrogens (tertiary/aromatic N) is 2. The van der Waals surface area contributed by atoms with Gasteiger partial charge in [0.1, 0.15) is 5.92 Å². The molecule has 3 rings (SSSR count). The number of benzene rings is 1. The second-order valence-corrected chi connectivity index (χ2v) is 6.72. The molecule has 1 aromatic carbocycles. The number of carbonyl (C=O) groups excluding carboxylic acids is 2. The molecule has 2 heterocycles. The second-order valence-electron chi connectivity index (χ2n) is 6.72. The van der Waals surface area contributed by atoms with Gasteiger partial charge in [0.2, 0.25) is 11.8 Å². The van der Waals surface area contributed by atoms with Crippen LogP contribution in [0.5, 0.6) is 0 Å². The summed E-state index contributed by atoms with van der Waals surface area (Å²) < 4.78 is 0. The van der Waals surface area contributed by atoms with E-state index in [2.05, 4.69) is 0 Å². The predicted octanol–water partition coefficient (Wildman–Crippen LogP) is 1.50. The minimum absolute atomic E-state index is 0.0720. The van der Waals surface area contributed by atoms with Gasteiger partial charge in [-0.15, -0.1) is 0 Å². The monoisotopic (exact) mass is 316 g/mol. The van der Waals surface area contributed by atoms with Gasteiger partial charge in [-0.2, -0.15) is 0 Å². The number of hydrogen-bond donors (Lipinski definition) is 1. The average Bonchev–Trinajstić information content (AvgIpc) is 3.16. The van der Waals surface area contributed by atoms with Gasteiger partial charge >= 0.3 is 0 Å². The highest BCUT2D eigenvalue weighted by Gasteiger charge is 2.41. The van der Waals surface area contributed by atoms with E-state index in [1.165, 1.54) is 5.56 Å². The Bertz CT molecular complexity index is 629. The van der Waals surface area contributed by atoms with Crippen molar-refractivity contribution >= 4 is 17.5 Å². The fourth-order valence-electron chi connectivity index (χ4n) is 3.46. The van der Waals surface area contributed by atoms with Crippen LogP contribution in [0.15, 0.2) is 18.2 Å². The van der Waals surface area contributed by atoms with Crippen molar-refractivity contribution in [3.63, 3.8) is 0 Å². The van der Waals surface area contributed by atoms with Gasteiger partial charge < -0.3 is 14.9 Å². The van der Waals surface area contributed by atoms with Crippen LogP contribution in [0.1, 0.15) is 24.0 Å². The third kappa shape index (κ3) is 2.98. The molecule has 0 aromatic heterocycles. The van der Waals surface area contributed by atoms with Crippen LogP contribution in [0.2, 0.25) is 0 Å². The van der Waals surface area contributed by atoms with Crippen LogP contribution in [0, 0.1) is 25.7 Å². The number of aliphatic hydroxyl groups excluding tert-OH is 1. The molecule has 2 saturated heterocycles. The summed E-state index contributed by atoms with van der Waals surface area (Å²) in [5.74, 6) is -0.566. The van der Waals surface area contributed by atoms with Crippen molar-refractivity contribution in [2.24, 2.45) is 11.8 Å². The molecule has 5 nitrogen and oxygen atoms in total. The number of aliphatic hydroxyl groups is 1. The van der Waals surface area contributed by atoms with Crippen molar-refractivity contribution in [3.05, 3.63) is 29.3 Å². The third-order valence-corrected chi connectivity index (χ3v) is 5.16. The molecule has 0 bridgehead atoms. The maximum atomic E-state index is 12.7. The van der Waals surface area contributed by atoms with Crippen LogP contribution in [0.3, 0.4) is 0 Å². The van der Waals surface area contributed by atoms with Gasteiger partial charge in [0, 0.05) is 37.8 Å². The number of rotatable bonds is 3. The maximum absolute atomic E-state index is 12.7. The van der Waals surface area contributed by atoms with Gasteiger partial charge in [-0.1, -0.05) is 6.07 Å². The van der Waals surface area contributed by atoms with E-state index in [0.717, 1.165) is 17.7 Å². The Hall–Kier alpha value is -1.88. The summed E-state index contributed by atoms with van der Waals surface area (Å²) in [6.45, 7) is 6.00. The minimum Gasteiger partial charge on any atom is -0.396 e. The van der Waals surface area contributed by atoms with Crippen molar-refractivity contribution in [1.82, 2.24) is 4.90 Å². The standard InChI is InChI=1S/C18H24N2O3/c1-12-3-4-15(9-13(12)2)20-8-6-16(18(20)23)17(22)19-7-5-14(10-19)11-21/h3-4,9,14,16,21H,5-8,10-11H2,1-2H3. The number of likely N-dealkylation sites (tertiary alicyclic amines) is 1. The molecule has 5 heteroatoms. The summed E-state index contributed by atoms with van der Waals surface area (Å²) in [6.07, 6.45) is 1.40. The molecule has 2 unspecified atom stereocenters. The van der Waals surface area contributed by atoms with E-state index in [1.54, 1.807) is 9.80 Å². The molecule has 2 aliphatic rings. The van der Waals surface area contributed by atoms with Gasteiger partial charge in [0.25, 0.3) is 0 Å². The van der Waals surface area contributed by atoms with E-state index in [1.807, 2.05) is 32.0 Å². The zero-order chi connectivity index (χ0) is 16.6. The molecular formula is C18H24N2O3. The lowest BCUT2D eigenvalue weighted by atomic mass is 10.1. The van der Waals surface area contributed by atoms with Crippen LogP contribution >= 0.6 is 0 Å².